The van der Waals surface area contributed by atoms with E-state index in [1.165, 1.54) is 12.1 Å². The lowest BCUT2D eigenvalue weighted by Crippen LogP contribution is -2.40. The maximum atomic E-state index is 14.2. The zero-order chi connectivity index (χ0) is 26.3. The van der Waals surface area contributed by atoms with Crippen LogP contribution in [0.25, 0.3) is 11.1 Å². The SMILES string of the molecule is C[C@]12C(=O)[C@](C)(C(c3ccccc3)=C1c1ccccc1)[C@H]1C(=O)N(c3cccc(C(F)(F)F)c3)C(=O)[C@H]12. The van der Waals surface area contributed by atoms with Gasteiger partial charge in [-0.25, -0.2) is 4.90 Å². The van der Waals surface area contributed by atoms with Crippen molar-refractivity contribution in [1.29, 1.82) is 0 Å². The van der Waals surface area contributed by atoms with E-state index in [4.69, 9.17) is 0 Å². The highest BCUT2D eigenvalue weighted by atomic mass is 19.4. The molecule has 3 aliphatic rings. The summed E-state index contributed by atoms with van der Waals surface area (Å²) in [4.78, 5) is 42.9. The van der Waals surface area contributed by atoms with Crippen LogP contribution < -0.4 is 4.90 Å². The van der Waals surface area contributed by atoms with E-state index in [9.17, 15) is 27.6 Å². The fraction of sp³-hybridized carbons (Fsp3) is 0.233. The second-order valence-electron chi connectivity index (χ2n) is 10.2. The lowest BCUT2D eigenvalue weighted by molar-refractivity contribution is -0.137. The van der Waals surface area contributed by atoms with Crippen LogP contribution in [0.4, 0.5) is 18.9 Å². The Morgan fingerprint density at radius 2 is 1.14 bits per heavy atom. The predicted octanol–water partition coefficient (Wildman–Crippen LogP) is 6.03. The summed E-state index contributed by atoms with van der Waals surface area (Å²) >= 11 is 0. The van der Waals surface area contributed by atoms with Gasteiger partial charge in [-0.3, -0.25) is 14.4 Å². The van der Waals surface area contributed by atoms with Crippen LogP contribution in [0, 0.1) is 22.7 Å². The quantitative estimate of drug-likeness (QED) is 0.412. The number of fused-ring (bicyclic) bond motifs is 5. The maximum absolute atomic E-state index is 14.2. The second kappa shape index (κ2) is 7.51. The molecule has 0 aromatic heterocycles. The van der Waals surface area contributed by atoms with Crippen LogP contribution in [0.15, 0.2) is 84.9 Å². The number of benzene rings is 3. The fourth-order valence-corrected chi connectivity index (χ4v) is 6.89. The lowest BCUT2D eigenvalue weighted by Gasteiger charge is -2.35. The van der Waals surface area contributed by atoms with E-state index in [0.717, 1.165) is 28.2 Å². The summed E-state index contributed by atoms with van der Waals surface area (Å²) in [5.74, 6) is -3.54. The number of amides is 2. The van der Waals surface area contributed by atoms with Crippen LogP contribution in [-0.4, -0.2) is 17.6 Å². The van der Waals surface area contributed by atoms with E-state index in [1.54, 1.807) is 13.8 Å². The van der Waals surface area contributed by atoms with Crippen LogP contribution in [0.2, 0.25) is 0 Å². The van der Waals surface area contributed by atoms with Gasteiger partial charge < -0.3 is 0 Å². The van der Waals surface area contributed by atoms with E-state index < -0.39 is 46.2 Å². The van der Waals surface area contributed by atoms with Crippen molar-refractivity contribution < 1.29 is 27.6 Å². The van der Waals surface area contributed by atoms with Gasteiger partial charge in [-0.15, -0.1) is 0 Å². The first-order valence-corrected chi connectivity index (χ1v) is 12.0. The van der Waals surface area contributed by atoms with Gasteiger partial charge in [-0.1, -0.05) is 66.7 Å². The van der Waals surface area contributed by atoms with Crippen molar-refractivity contribution in [1.82, 2.24) is 0 Å². The van der Waals surface area contributed by atoms with Crippen molar-refractivity contribution in [2.75, 3.05) is 4.90 Å². The Balaban J connectivity index is 1.58. The molecular formula is C30H22F3NO3. The van der Waals surface area contributed by atoms with Crippen LogP contribution in [0.3, 0.4) is 0 Å². The third-order valence-corrected chi connectivity index (χ3v) is 8.34. The zero-order valence-corrected chi connectivity index (χ0v) is 20.0. The van der Waals surface area contributed by atoms with E-state index in [1.807, 2.05) is 60.7 Å². The summed E-state index contributed by atoms with van der Waals surface area (Å²) < 4.78 is 40.3. The first-order chi connectivity index (χ1) is 17.5. The zero-order valence-electron chi connectivity index (χ0n) is 20.0. The minimum absolute atomic E-state index is 0.138. The van der Waals surface area contributed by atoms with Crippen molar-refractivity contribution in [3.05, 3.63) is 102 Å². The van der Waals surface area contributed by atoms with Gasteiger partial charge in [0.05, 0.1) is 33.9 Å². The van der Waals surface area contributed by atoms with Gasteiger partial charge in [0.15, 0.2) is 5.78 Å². The van der Waals surface area contributed by atoms with Crippen LogP contribution >= 0.6 is 0 Å². The molecule has 0 radical (unpaired) electrons. The Kier molecular flexibility index (Phi) is 4.75. The third kappa shape index (κ3) is 2.88. The van der Waals surface area contributed by atoms with Crippen LogP contribution in [0.1, 0.15) is 30.5 Å². The number of Topliss-reactive ketones (excluding diaryl/α,β-unsaturated/α-hetero) is 1. The molecule has 6 rings (SSSR count). The van der Waals surface area contributed by atoms with Gasteiger partial charge in [0.2, 0.25) is 11.8 Å². The molecule has 1 saturated carbocycles. The molecule has 3 aromatic rings. The van der Waals surface area contributed by atoms with Crippen molar-refractivity contribution in [3.8, 4) is 0 Å². The van der Waals surface area contributed by atoms with Crippen LogP contribution in [-0.2, 0) is 20.6 Å². The van der Waals surface area contributed by atoms with Crippen molar-refractivity contribution in [2.24, 2.45) is 22.7 Å². The van der Waals surface area contributed by atoms with Crippen LogP contribution in [0.5, 0.6) is 0 Å². The number of halogens is 3. The first-order valence-electron chi connectivity index (χ1n) is 12.0. The molecule has 4 nitrogen and oxygen atoms in total. The Hall–Kier alpha value is -4.00. The molecule has 1 heterocycles. The molecule has 2 aliphatic carbocycles. The van der Waals surface area contributed by atoms with E-state index in [0.29, 0.717) is 11.1 Å². The Labute approximate surface area is 211 Å². The van der Waals surface area contributed by atoms with Crippen molar-refractivity contribution >= 4 is 34.4 Å². The molecule has 0 N–H and O–H groups in total. The molecule has 186 valence electrons. The number of rotatable bonds is 3. The van der Waals surface area contributed by atoms with Gasteiger partial charge in [0.1, 0.15) is 0 Å². The minimum atomic E-state index is -4.63. The number of hydrogen-bond donors (Lipinski definition) is 0. The highest BCUT2D eigenvalue weighted by molar-refractivity contribution is 6.34. The number of anilines is 1. The van der Waals surface area contributed by atoms with Gasteiger partial charge in [-0.05, 0) is 54.3 Å². The summed E-state index contributed by atoms with van der Waals surface area (Å²) in [6.45, 7) is 3.41. The number of carbonyl (C=O) groups excluding carboxylic acids is 3. The summed E-state index contributed by atoms with van der Waals surface area (Å²) in [5, 5.41) is 0. The van der Waals surface area contributed by atoms with Crippen molar-refractivity contribution in [2.45, 2.75) is 20.0 Å². The second-order valence-corrected chi connectivity index (χ2v) is 10.2. The van der Waals surface area contributed by atoms with Gasteiger partial charge in [0, 0.05) is 0 Å². The molecule has 1 saturated heterocycles. The molecule has 1 aliphatic heterocycles. The Morgan fingerprint density at radius 1 is 0.676 bits per heavy atom. The van der Waals surface area contributed by atoms with E-state index in [-0.39, 0.29) is 11.5 Å². The van der Waals surface area contributed by atoms with Gasteiger partial charge in [-0.2, -0.15) is 13.2 Å². The molecule has 2 amide bonds. The standard InChI is InChI=1S/C30H22F3NO3/c1-28-21(17-10-5-3-6-11-17)22(18-12-7-4-8-13-18)29(2,27(28)37)24-23(28)25(35)34(26(24)36)20-15-9-14-19(16-20)30(31,32)33/h3-16,23-24H,1-2H3/t23-,24+,28-,29+. The maximum Gasteiger partial charge on any atom is 0.416 e. The topological polar surface area (TPSA) is 54.5 Å². The normalized spacial score (nSPS) is 28.9. The summed E-state index contributed by atoms with van der Waals surface area (Å²) in [7, 11) is 0. The smallest absolute Gasteiger partial charge is 0.298 e. The monoisotopic (exact) mass is 501 g/mol. The number of carbonyl (C=O) groups is 3. The molecule has 3 aromatic carbocycles. The van der Waals surface area contributed by atoms with E-state index in [2.05, 4.69) is 0 Å². The highest BCUT2D eigenvalue weighted by Crippen LogP contribution is 2.73. The fourth-order valence-electron chi connectivity index (χ4n) is 6.89. The number of hydrogen-bond acceptors (Lipinski definition) is 3. The van der Waals surface area contributed by atoms with E-state index >= 15 is 0 Å². The number of allylic oxidation sites excluding steroid dienone is 2. The third-order valence-electron chi connectivity index (χ3n) is 8.34. The largest absolute Gasteiger partial charge is 0.416 e. The molecule has 4 atom stereocenters. The number of imide groups is 1. The number of ketones is 1. The van der Waals surface area contributed by atoms with Gasteiger partial charge >= 0.3 is 6.18 Å². The highest BCUT2D eigenvalue weighted by Gasteiger charge is 2.78. The Morgan fingerprint density at radius 3 is 1.57 bits per heavy atom. The molecular weight excluding hydrogens is 479 g/mol. The summed E-state index contributed by atoms with van der Waals surface area (Å²) in [6.07, 6.45) is -4.63. The number of nitrogens with zero attached hydrogens (tertiary/aromatic N) is 1. The Bertz CT molecular complexity index is 1430. The molecule has 7 heteroatoms. The average Bonchev–Trinajstić information content (AvgIpc) is 3.34. The summed E-state index contributed by atoms with van der Waals surface area (Å²) in [6, 6.07) is 22.8. The molecule has 37 heavy (non-hydrogen) atoms. The predicted molar refractivity (Wildman–Crippen MR) is 132 cm³/mol. The van der Waals surface area contributed by atoms with Gasteiger partial charge in [0.25, 0.3) is 0 Å². The average molecular weight is 502 g/mol. The molecule has 0 unspecified atom stereocenters. The molecule has 2 bridgehead atoms. The van der Waals surface area contributed by atoms with Crippen molar-refractivity contribution in [3.63, 3.8) is 0 Å². The minimum Gasteiger partial charge on any atom is -0.298 e. The summed E-state index contributed by atoms with van der Waals surface area (Å²) in [5.41, 5.74) is -0.799. The first kappa shape index (κ1) is 23.4. The molecule has 2 fully saturated rings. The molecule has 0 spiro atoms. The lowest BCUT2D eigenvalue weighted by atomic mass is 9.63. The number of alkyl halides is 3.